The Kier molecular flexibility index (Phi) is 12.9. The van der Waals surface area contributed by atoms with Gasteiger partial charge in [-0.2, -0.15) is 0 Å². The average molecular weight is 813 g/mol. The van der Waals surface area contributed by atoms with E-state index in [1.54, 1.807) is 18.0 Å². The van der Waals surface area contributed by atoms with Crippen molar-refractivity contribution in [2.45, 2.75) is 82.6 Å². The van der Waals surface area contributed by atoms with Crippen molar-refractivity contribution in [2.24, 2.45) is 0 Å². The molecule has 2 fully saturated rings. The summed E-state index contributed by atoms with van der Waals surface area (Å²) in [5.74, 6) is 1.09. The summed E-state index contributed by atoms with van der Waals surface area (Å²) in [5.41, 5.74) is 7.83. The fraction of sp³-hybridized carbons (Fsp3) is 0.476. The topological polar surface area (TPSA) is 202 Å². The van der Waals surface area contributed by atoms with Crippen LogP contribution >= 0.6 is 0 Å². The highest BCUT2D eigenvalue weighted by atomic mass is 16.5. The van der Waals surface area contributed by atoms with Gasteiger partial charge in [0.15, 0.2) is 0 Å². The van der Waals surface area contributed by atoms with E-state index in [0.29, 0.717) is 32.1 Å². The molecule has 3 aliphatic rings. The molecule has 0 spiro atoms. The number of hydrogen-bond donors (Lipinski definition) is 4. The number of nitrogens with one attached hydrogen (secondary N) is 4. The molecule has 17 nitrogen and oxygen atoms in total. The van der Waals surface area contributed by atoms with Gasteiger partial charge in [0.05, 0.1) is 81.9 Å². The Bertz CT molecular complexity index is 2150. The van der Waals surface area contributed by atoms with Crippen LogP contribution in [-0.4, -0.2) is 120 Å². The van der Waals surface area contributed by atoms with Crippen LogP contribution in [0.25, 0.3) is 33.6 Å². The maximum atomic E-state index is 13.7. The van der Waals surface area contributed by atoms with Gasteiger partial charge in [0.1, 0.15) is 17.7 Å². The van der Waals surface area contributed by atoms with Crippen LogP contribution in [0.1, 0.15) is 73.9 Å². The number of aromatic nitrogens is 4. The smallest absolute Gasteiger partial charge is 0.407 e. The number of imidazole rings is 2. The number of amides is 4. The third-order valence-corrected chi connectivity index (χ3v) is 11.5. The molecule has 4 N–H and O–H groups in total. The molecule has 0 aliphatic carbocycles. The Hall–Kier alpha value is -5.78. The third-order valence-electron chi connectivity index (χ3n) is 11.5. The number of carbonyl (C=O) groups excluding carboxylic acids is 4. The van der Waals surface area contributed by atoms with Gasteiger partial charge in [-0.1, -0.05) is 24.3 Å². The van der Waals surface area contributed by atoms with Crippen molar-refractivity contribution in [3.8, 4) is 33.6 Å². The molecular weight excluding hydrogens is 761 g/mol. The summed E-state index contributed by atoms with van der Waals surface area (Å²) in [5, 5.41) is 5.23. The number of hydrogen-bond acceptors (Lipinski definition) is 11. The van der Waals surface area contributed by atoms with E-state index < -0.39 is 30.4 Å². The molecule has 2 unspecified atom stereocenters. The van der Waals surface area contributed by atoms with Crippen molar-refractivity contribution >= 4 is 24.0 Å². The number of fused-ring (bicyclic) bond motifs is 3. The minimum absolute atomic E-state index is 0.0640. The molecule has 17 heteroatoms. The molecule has 4 amide bonds. The van der Waals surface area contributed by atoms with Crippen molar-refractivity contribution in [3.63, 3.8) is 0 Å². The first-order valence-electron chi connectivity index (χ1n) is 19.9. The average Bonchev–Trinajstić information content (AvgIpc) is 4.10. The number of nitrogens with zero attached hydrogens (tertiary/aromatic N) is 4. The number of alkyl carbamates (subject to hydrolysis) is 2. The Morgan fingerprint density at radius 1 is 0.797 bits per heavy atom. The Morgan fingerprint density at radius 3 is 1.90 bits per heavy atom. The van der Waals surface area contributed by atoms with Crippen LogP contribution in [0.2, 0.25) is 0 Å². The Labute approximate surface area is 342 Å². The quantitative estimate of drug-likeness (QED) is 0.141. The monoisotopic (exact) mass is 812 g/mol. The molecule has 2 saturated heterocycles. The van der Waals surface area contributed by atoms with Crippen molar-refractivity contribution in [1.29, 1.82) is 0 Å². The second kappa shape index (κ2) is 18.4. The maximum absolute atomic E-state index is 13.7. The van der Waals surface area contributed by atoms with Gasteiger partial charge in [0.2, 0.25) is 11.8 Å². The van der Waals surface area contributed by atoms with Gasteiger partial charge in [0.25, 0.3) is 0 Å². The Morgan fingerprint density at radius 2 is 1.36 bits per heavy atom. The molecule has 0 radical (unpaired) electrons. The van der Waals surface area contributed by atoms with Gasteiger partial charge < -0.3 is 54.1 Å². The number of H-pyrrole nitrogens is 2. The van der Waals surface area contributed by atoms with Crippen LogP contribution in [0.4, 0.5) is 9.59 Å². The SMILES string of the molecule is COC(=O)NCC(CC(=O)N1CCC[C@@H]1c1ncc(-c2ccc3c(c2)COCc2cc(-c4cnc(C5CCCN5C(=O)[C@@H](NC(=O)OC)[C@@H](C)OC)[nH]4)ccc2-3)[nH]1)OC. The van der Waals surface area contributed by atoms with E-state index in [4.69, 9.17) is 28.9 Å². The van der Waals surface area contributed by atoms with Gasteiger partial charge >= 0.3 is 12.2 Å². The molecule has 3 aliphatic heterocycles. The van der Waals surface area contributed by atoms with Crippen LogP contribution < -0.4 is 10.6 Å². The van der Waals surface area contributed by atoms with Crippen LogP contribution in [0.3, 0.4) is 0 Å². The summed E-state index contributed by atoms with van der Waals surface area (Å²) in [6.45, 7) is 3.90. The number of ether oxygens (including phenoxy) is 5. The predicted octanol–water partition coefficient (Wildman–Crippen LogP) is 5.01. The molecule has 0 saturated carbocycles. The fourth-order valence-corrected chi connectivity index (χ4v) is 8.23. The lowest BCUT2D eigenvalue weighted by Gasteiger charge is -2.30. The number of benzene rings is 2. The number of carbonyl (C=O) groups is 4. The zero-order valence-corrected chi connectivity index (χ0v) is 34.0. The first-order valence-corrected chi connectivity index (χ1v) is 19.9. The first kappa shape index (κ1) is 41.4. The molecule has 5 heterocycles. The highest BCUT2D eigenvalue weighted by Crippen LogP contribution is 2.38. The van der Waals surface area contributed by atoms with Crippen molar-refractivity contribution < 1.29 is 42.9 Å². The van der Waals surface area contributed by atoms with Crippen LogP contribution in [0.5, 0.6) is 0 Å². The van der Waals surface area contributed by atoms with E-state index in [0.717, 1.165) is 76.3 Å². The third kappa shape index (κ3) is 8.96. The molecule has 314 valence electrons. The second-order valence-corrected chi connectivity index (χ2v) is 15.0. The molecule has 0 bridgehead atoms. The highest BCUT2D eigenvalue weighted by Gasteiger charge is 2.39. The molecule has 5 atom stereocenters. The normalized spacial score (nSPS) is 18.9. The lowest BCUT2D eigenvalue weighted by atomic mass is 9.93. The lowest BCUT2D eigenvalue weighted by molar-refractivity contribution is -0.137. The van der Waals surface area contributed by atoms with Crippen LogP contribution in [0, 0.1) is 0 Å². The Balaban J connectivity index is 1.04. The van der Waals surface area contributed by atoms with Crippen molar-refractivity contribution in [3.05, 3.63) is 71.6 Å². The molecule has 7 rings (SSSR count). The minimum Gasteiger partial charge on any atom is -0.453 e. The zero-order chi connectivity index (χ0) is 41.6. The van der Waals surface area contributed by atoms with E-state index >= 15 is 0 Å². The number of likely N-dealkylation sites (tertiary alicyclic amines) is 2. The molecular formula is C42H52N8O9. The molecule has 2 aromatic heterocycles. The lowest BCUT2D eigenvalue weighted by Crippen LogP contribution is -2.54. The summed E-state index contributed by atoms with van der Waals surface area (Å²) in [7, 11) is 5.56. The highest BCUT2D eigenvalue weighted by molar-refractivity contribution is 5.87. The van der Waals surface area contributed by atoms with Gasteiger partial charge in [-0.25, -0.2) is 19.6 Å². The molecule has 2 aromatic carbocycles. The van der Waals surface area contributed by atoms with E-state index in [2.05, 4.69) is 61.7 Å². The summed E-state index contributed by atoms with van der Waals surface area (Å²) in [4.78, 5) is 70.6. The van der Waals surface area contributed by atoms with Crippen molar-refractivity contribution in [1.82, 2.24) is 40.4 Å². The number of rotatable bonds is 13. The van der Waals surface area contributed by atoms with Gasteiger partial charge in [-0.15, -0.1) is 0 Å². The van der Waals surface area contributed by atoms with Gasteiger partial charge in [0, 0.05) is 33.9 Å². The summed E-state index contributed by atoms with van der Waals surface area (Å²) in [6, 6.07) is 11.2. The molecule has 4 aromatic rings. The van der Waals surface area contributed by atoms with E-state index in [1.165, 1.54) is 28.4 Å². The standard InChI is InChI=1S/C42H52N8O9/c1-24(55-2)37(48-42(54)58-5)40(52)50-15-7-9-35(50)39-44-21-33(47-39)26-11-13-31-28(17-26)23-59-22-27-16-25(10-12-30(27)31)32-20-43-38(46-32)34-8-6-14-49(34)36(51)18-29(56-3)19-45-41(53)57-4/h10-13,16-17,20-21,24,29,34-35,37H,6-9,14-15,18-19,22-23H2,1-5H3,(H,43,46)(H,44,47)(H,45,53)(H,48,54)/t24-,29?,34-,35?,37+/m1/s1. The number of aromatic amines is 2. The maximum Gasteiger partial charge on any atom is 0.407 e. The van der Waals surface area contributed by atoms with Crippen LogP contribution in [0.15, 0.2) is 48.8 Å². The van der Waals surface area contributed by atoms with E-state index in [1.807, 2.05) is 11.1 Å². The largest absolute Gasteiger partial charge is 0.453 e. The summed E-state index contributed by atoms with van der Waals surface area (Å²) >= 11 is 0. The van der Waals surface area contributed by atoms with Crippen LogP contribution in [-0.2, 0) is 46.5 Å². The zero-order valence-electron chi connectivity index (χ0n) is 34.0. The second-order valence-electron chi connectivity index (χ2n) is 15.0. The van der Waals surface area contributed by atoms with E-state index in [9.17, 15) is 19.2 Å². The first-order chi connectivity index (χ1) is 28.6. The minimum atomic E-state index is -0.908. The summed E-state index contributed by atoms with van der Waals surface area (Å²) < 4.78 is 26.5. The predicted molar refractivity (Wildman–Crippen MR) is 215 cm³/mol. The fourth-order valence-electron chi connectivity index (χ4n) is 8.23. The number of methoxy groups -OCH3 is 4. The summed E-state index contributed by atoms with van der Waals surface area (Å²) in [6.07, 6.45) is 4.58. The van der Waals surface area contributed by atoms with Gasteiger partial charge in [-0.05, 0) is 78.1 Å². The van der Waals surface area contributed by atoms with E-state index in [-0.39, 0.29) is 36.9 Å². The van der Waals surface area contributed by atoms with Gasteiger partial charge in [-0.3, -0.25) is 9.59 Å². The molecule has 59 heavy (non-hydrogen) atoms. The van der Waals surface area contributed by atoms with Crippen molar-refractivity contribution in [2.75, 3.05) is 48.1 Å².